The van der Waals surface area contributed by atoms with Crippen LogP contribution in [0.5, 0.6) is 0 Å². The van der Waals surface area contributed by atoms with Gasteiger partial charge in [0.2, 0.25) is 5.91 Å². The van der Waals surface area contributed by atoms with E-state index < -0.39 is 5.91 Å². The second-order valence-electron chi connectivity index (χ2n) is 6.56. The molecule has 0 fully saturated rings. The number of carbonyl (C=O) groups is 2. The first-order chi connectivity index (χ1) is 13.3. The monoisotopic (exact) mass is 413 g/mol. The van der Waals surface area contributed by atoms with Crippen molar-refractivity contribution in [1.29, 1.82) is 0 Å². The summed E-state index contributed by atoms with van der Waals surface area (Å²) in [4.78, 5) is 28.8. The number of benzene rings is 2. The van der Waals surface area contributed by atoms with Gasteiger partial charge in [0.15, 0.2) is 0 Å². The Kier molecular flexibility index (Phi) is 6.21. The van der Waals surface area contributed by atoms with Crippen LogP contribution in [0, 0.1) is 20.8 Å². The van der Waals surface area contributed by atoms with Gasteiger partial charge in [0, 0.05) is 16.0 Å². The van der Waals surface area contributed by atoms with E-state index in [4.69, 9.17) is 16.6 Å². The van der Waals surface area contributed by atoms with Gasteiger partial charge in [0.1, 0.15) is 5.03 Å². The molecular weight excluding hydrogens is 394 g/mol. The molecule has 2 aromatic carbocycles. The average molecular weight is 414 g/mol. The lowest BCUT2D eigenvalue weighted by Crippen LogP contribution is -2.42. The topological polar surface area (TPSA) is 71.1 Å². The molecule has 1 heterocycles. The van der Waals surface area contributed by atoms with Crippen LogP contribution in [-0.2, 0) is 4.79 Å². The van der Waals surface area contributed by atoms with Gasteiger partial charge in [-0.3, -0.25) is 20.4 Å². The largest absolute Gasteiger partial charge is 0.272 e. The van der Waals surface area contributed by atoms with Gasteiger partial charge in [0.25, 0.3) is 5.91 Å². The predicted molar refractivity (Wildman–Crippen MR) is 114 cm³/mol. The average Bonchev–Trinajstić information content (AvgIpc) is 2.65. The number of rotatable bonds is 4. The van der Waals surface area contributed by atoms with E-state index >= 15 is 0 Å². The van der Waals surface area contributed by atoms with Gasteiger partial charge in [-0.1, -0.05) is 29.4 Å². The number of aromatic nitrogens is 1. The summed E-state index contributed by atoms with van der Waals surface area (Å²) < 4.78 is 0. The molecule has 0 atom stereocenters. The molecule has 3 rings (SSSR count). The molecule has 7 heteroatoms. The van der Waals surface area contributed by atoms with E-state index in [0.717, 1.165) is 27.1 Å². The molecule has 0 saturated heterocycles. The maximum Gasteiger partial charge on any atom is 0.269 e. The third-order valence-corrected chi connectivity index (χ3v) is 5.54. The minimum Gasteiger partial charge on any atom is -0.272 e. The maximum absolute atomic E-state index is 12.1. The zero-order valence-electron chi connectivity index (χ0n) is 15.8. The summed E-state index contributed by atoms with van der Waals surface area (Å²) in [7, 11) is 0. The Hall–Kier alpha value is -2.57. The van der Waals surface area contributed by atoms with Crippen molar-refractivity contribution in [3.63, 3.8) is 0 Å². The highest BCUT2D eigenvalue weighted by Crippen LogP contribution is 2.27. The normalized spacial score (nSPS) is 10.7. The lowest BCUT2D eigenvalue weighted by atomic mass is 10.1. The van der Waals surface area contributed by atoms with Crippen molar-refractivity contribution in [2.75, 3.05) is 5.75 Å². The lowest BCUT2D eigenvalue weighted by Gasteiger charge is -2.10. The fraction of sp³-hybridized carbons (Fsp3) is 0.190. The van der Waals surface area contributed by atoms with E-state index in [1.54, 1.807) is 24.3 Å². The van der Waals surface area contributed by atoms with Gasteiger partial charge < -0.3 is 0 Å². The number of nitrogens with zero attached hydrogens (tertiary/aromatic N) is 1. The Morgan fingerprint density at radius 3 is 2.43 bits per heavy atom. The van der Waals surface area contributed by atoms with Gasteiger partial charge in [-0.25, -0.2) is 4.98 Å². The smallest absolute Gasteiger partial charge is 0.269 e. The van der Waals surface area contributed by atoms with Crippen molar-refractivity contribution in [2.24, 2.45) is 0 Å². The number of amides is 2. The van der Waals surface area contributed by atoms with Crippen molar-refractivity contribution in [3.05, 3.63) is 69.7 Å². The Morgan fingerprint density at radius 2 is 1.71 bits per heavy atom. The van der Waals surface area contributed by atoms with E-state index in [9.17, 15) is 9.59 Å². The van der Waals surface area contributed by atoms with Gasteiger partial charge in [0.05, 0.1) is 11.3 Å². The Labute approximate surface area is 172 Å². The summed E-state index contributed by atoms with van der Waals surface area (Å²) in [6, 6.07) is 12.7. The number of hydrogen-bond acceptors (Lipinski definition) is 4. The predicted octanol–water partition coefficient (Wildman–Crippen LogP) is 4.37. The van der Waals surface area contributed by atoms with E-state index in [1.165, 1.54) is 17.3 Å². The van der Waals surface area contributed by atoms with Crippen LogP contribution < -0.4 is 10.9 Å². The molecule has 3 aromatic rings. The first-order valence-corrected chi connectivity index (χ1v) is 10.1. The molecule has 1 aromatic heterocycles. The van der Waals surface area contributed by atoms with Crippen LogP contribution in [0.2, 0.25) is 5.02 Å². The van der Waals surface area contributed by atoms with Crippen LogP contribution in [0.4, 0.5) is 0 Å². The van der Waals surface area contributed by atoms with Crippen molar-refractivity contribution in [1.82, 2.24) is 15.8 Å². The molecule has 5 nitrogen and oxygen atoms in total. The quantitative estimate of drug-likeness (QED) is 0.492. The van der Waals surface area contributed by atoms with Crippen LogP contribution in [0.3, 0.4) is 0 Å². The maximum atomic E-state index is 12.1. The molecule has 0 unspecified atom stereocenters. The van der Waals surface area contributed by atoms with Crippen LogP contribution in [-0.4, -0.2) is 22.6 Å². The molecule has 28 heavy (non-hydrogen) atoms. The SMILES string of the molecule is Cc1cc(C)c2cc(C)c(SCC(=O)NNC(=O)c3ccc(Cl)cc3)nc2c1. The fourth-order valence-corrected chi connectivity index (χ4v) is 3.74. The van der Waals surface area contributed by atoms with Crippen LogP contribution >= 0.6 is 23.4 Å². The summed E-state index contributed by atoms with van der Waals surface area (Å²) in [5.41, 5.74) is 9.50. The molecule has 2 N–H and O–H groups in total. The van der Waals surface area contributed by atoms with Crippen LogP contribution in [0.1, 0.15) is 27.0 Å². The summed E-state index contributed by atoms with van der Waals surface area (Å²) in [6.45, 7) is 6.09. The third-order valence-electron chi connectivity index (χ3n) is 4.19. The Bertz CT molecular complexity index is 1050. The van der Waals surface area contributed by atoms with Crippen LogP contribution in [0.25, 0.3) is 10.9 Å². The molecule has 144 valence electrons. The minimum absolute atomic E-state index is 0.144. The number of carbonyl (C=O) groups excluding carboxylic acids is 2. The van der Waals surface area contributed by atoms with Gasteiger partial charge in [-0.05, 0) is 73.9 Å². The van der Waals surface area contributed by atoms with Crippen LogP contribution in [0.15, 0.2) is 47.5 Å². The molecule has 0 bridgehead atoms. The molecule has 0 aliphatic rings. The van der Waals surface area contributed by atoms with Crippen molar-refractivity contribution < 1.29 is 9.59 Å². The number of thioether (sulfide) groups is 1. The number of hydrogen-bond donors (Lipinski definition) is 2. The highest BCUT2D eigenvalue weighted by Gasteiger charge is 2.11. The number of fused-ring (bicyclic) bond motifs is 1. The van der Waals surface area contributed by atoms with E-state index in [1.807, 2.05) is 19.9 Å². The summed E-state index contributed by atoms with van der Waals surface area (Å²) in [5, 5.41) is 2.46. The molecule has 0 radical (unpaired) electrons. The second-order valence-corrected chi connectivity index (χ2v) is 7.96. The molecule has 0 aliphatic carbocycles. The van der Waals surface area contributed by atoms with Gasteiger partial charge >= 0.3 is 0 Å². The minimum atomic E-state index is -0.402. The van der Waals surface area contributed by atoms with E-state index in [-0.39, 0.29) is 11.7 Å². The lowest BCUT2D eigenvalue weighted by molar-refractivity contribution is -0.119. The fourth-order valence-electron chi connectivity index (χ4n) is 2.83. The number of pyridine rings is 1. The summed E-state index contributed by atoms with van der Waals surface area (Å²) in [6.07, 6.45) is 0. The molecular formula is C21H20ClN3O2S. The van der Waals surface area contributed by atoms with Crippen molar-refractivity contribution in [3.8, 4) is 0 Å². The zero-order valence-corrected chi connectivity index (χ0v) is 17.4. The molecule has 2 amide bonds. The molecule has 0 spiro atoms. The Morgan fingerprint density at radius 1 is 1.00 bits per heavy atom. The number of aryl methyl sites for hydroxylation is 3. The second kappa shape index (κ2) is 8.63. The van der Waals surface area contributed by atoms with E-state index in [0.29, 0.717) is 10.6 Å². The molecule has 0 aliphatic heterocycles. The zero-order chi connectivity index (χ0) is 20.3. The first kappa shape index (κ1) is 20.2. The van der Waals surface area contributed by atoms with E-state index in [2.05, 4.69) is 29.9 Å². The number of nitrogens with one attached hydrogen (secondary N) is 2. The highest BCUT2D eigenvalue weighted by atomic mass is 35.5. The third kappa shape index (κ3) is 4.82. The van der Waals surface area contributed by atoms with Gasteiger partial charge in [-0.15, -0.1) is 0 Å². The van der Waals surface area contributed by atoms with Gasteiger partial charge in [-0.2, -0.15) is 0 Å². The highest BCUT2D eigenvalue weighted by molar-refractivity contribution is 7.99. The van der Waals surface area contributed by atoms with Crippen molar-refractivity contribution in [2.45, 2.75) is 25.8 Å². The Balaban J connectivity index is 1.60. The number of hydrazine groups is 1. The summed E-state index contributed by atoms with van der Waals surface area (Å²) >= 11 is 7.14. The first-order valence-electron chi connectivity index (χ1n) is 8.69. The standard InChI is InChI=1S/C21H20ClN3O2S/c1-12-8-13(2)17-10-14(3)21(23-18(17)9-12)28-11-19(26)24-25-20(27)15-4-6-16(22)7-5-15/h4-10H,11H2,1-3H3,(H,24,26)(H,25,27). The molecule has 0 saturated carbocycles. The van der Waals surface area contributed by atoms with Crippen molar-refractivity contribution >= 4 is 46.1 Å². The number of halogens is 1. The summed E-state index contributed by atoms with van der Waals surface area (Å²) in [5.74, 6) is -0.569.